The first-order valence-corrected chi connectivity index (χ1v) is 8.55. The van der Waals surface area contributed by atoms with Gasteiger partial charge in [-0.25, -0.2) is 5.43 Å². The Bertz CT molecular complexity index is 892. The smallest absolute Gasteiger partial charge is 0.277 e. The van der Waals surface area contributed by atoms with Crippen LogP contribution in [-0.4, -0.2) is 18.2 Å². The second-order valence-electron chi connectivity index (χ2n) is 5.77. The third kappa shape index (κ3) is 5.71. The lowest BCUT2D eigenvalue weighted by Gasteiger charge is -2.08. The van der Waals surface area contributed by atoms with Crippen molar-refractivity contribution in [2.75, 3.05) is 6.61 Å². The summed E-state index contributed by atoms with van der Waals surface area (Å²) in [4.78, 5) is 11.9. The minimum Gasteiger partial charge on any atom is -0.484 e. The quantitative estimate of drug-likeness (QED) is 0.502. The zero-order valence-corrected chi connectivity index (χ0v) is 15.0. The second kappa shape index (κ2) is 9.20. The Morgan fingerprint density at radius 3 is 2.04 bits per heavy atom. The number of ether oxygens (including phenoxy) is 2. The first-order valence-electron chi connectivity index (χ1n) is 8.55. The first-order chi connectivity index (χ1) is 13.2. The number of hydrazone groups is 1. The largest absolute Gasteiger partial charge is 0.484 e. The van der Waals surface area contributed by atoms with E-state index >= 15 is 0 Å². The number of carbonyl (C=O) groups is 1. The Morgan fingerprint density at radius 2 is 1.37 bits per heavy atom. The van der Waals surface area contributed by atoms with E-state index in [4.69, 9.17) is 9.47 Å². The lowest BCUT2D eigenvalue weighted by atomic mass is 10.1. The molecule has 0 aliphatic rings. The highest BCUT2D eigenvalue weighted by atomic mass is 16.5. The molecule has 3 aromatic rings. The molecule has 0 atom stereocenters. The molecule has 0 aliphatic carbocycles. The number of amides is 1. The third-order valence-corrected chi connectivity index (χ3v) is 3.71. The van der Waals surface area contributed by atoms with Gasteiger partial charge in [0.1, 0.15) is 17.2 Å². The lowest BCUT2D eigenvalue weighted by molar-refractivity contribution is -0.123. The van der Waals surface area contributed by atoms with E-state index in [1.165, 1.54) is 0 Å². The summed E-state index contributed by atoms with van der Waals surface area (Å²) >= 11 is 0. The monoisotopic (exact) mass is 360 g/mol. The topological polar surface area (TPSA) is 59.9 Å². The molecule has 3 aromatic carbocycles. The van der Waals surface area contributed by atoms with Crippen molar-refractivity contribution >= 4 is 11.6 Å². The van der Waals surface area contributed by atoms with Crippen LogP contribution in [0.1, 0.15) is 12.5 Å². The summed E-state index contributed by atoms with van der Waals surface area (Å²) < 4.78 is 11.2. The highest BCUT2D eigenvalue weighted by Gasteiger charge is 2.04. The van der Waals surface area contributed by atoms with Gasteiger partial charge in [-0.3, -0.25) is 4.79 Å². The van der Waals surface area contributed by atoms with Crippen LogP contribution in [0.3, 0.4) is 0 Å². The first kappa shape index (κ1) is 18.2. The van der Waals surface area contributed by atoms with Gasteiger partial charge in [0.2, 0.25) is 0 Å². The predicted molar refractivity (Wildman–Crippen MR) is 105 cm³/mol. The summed E-state index contributed by atoms with van der Waals surface area (Å²) in [6.45, 7) is 1.71. The standard InChI is InChI=1S/C22H20N2O3/c1-17(18-8-4-2-5-9-18)23-24-22(25)16-26-19-12-14-21(15-13-19)27-20-10-6-3-7-11-20/h2-15H,16H2,1H3,(H,24,25)/b23-17+. The average Bonchev–Trinajstić information content (AvgIpc) is 2.73. The van der Waals surface area contributed by atoms with Gasteiger partial charge in [-0.2, -0.15) is 5.10 Å². The number of rotatable bonds is 7. The van der Waals surface area contributed by atoms with E-state index in [1.807, 2.05) is 67.6 Å². The van der Waals surface area contributed by atoms with Crippen LogP contribution in [0.25, 0.3) is 0 Å². The van der Waals surface area contributed by atoms with Crippen LogP contribution in [0, 0.1) is 0 Å². The fourth-order valence-electron chi connectivity index (χ4n) is 2.30. The van der Waals surface area contributed by atoms with Crippen LogP contribution < -0.4 is 14.9 Å². The Morgan fingerprint density at radius 1 is 0.815 bits per heavy atom. The summed E-state index contributed by atoms with van der Waals surface area (Å²) in [5.41, 5.74) is 4.17. The Hall–Kier alpha value is -3.60. The number of hydrogen-bond donors (Lipinski definition) is 1. The molecule has 136 valence electrons. The van der Waals surface area contributed by atoms with Crippen molar-refractivity contribution < 1.29 is 14.3 Å². The number of benzene rings is 3. The van der Waals surface area contributed by atoms with Gasteiger partial charge < -0.3 is 9.47 Å². The van der Waals surface area contributed by atoms with Crippen molar-refractivity contribution in [2.24, 2.45) is 5.10 Å². The molecule has 0 saturated heterocycles. The number of carbonyl (C=O) groups excluding carboxylic acids is 1. The molecule has 0 bridgehead atoms. The highest BCUT2D eigenvalue weighted by molar-refractivity contribution is 5.99. The Balaban J connectivity index is 1.47. The van der Waals surface area contributed by atoms with E-state index in [9.17, 15) is 4.79 Å². The molecule has 5 nitrogen and oxygen atoms in total. The summed E-state index contributed by atoms with van der Waals surface area (Å²) in [5.74, 6) is 1.71. The van der Waals surface area contributed by atoms with Crippen LogP contribution in [0.2, 0.25) is 0 Å². The molecule has 0 unspecified atom stereocenters. The molecular formula is C22H20N2O3. The van der Waals surface area contributed by atoms with Crippen molar-refractivity contribution in [3.8, 4) is 17.2 Å². The number of hydrogen-bond acceptors (Lipinski definition) is 4. The van der Waals surface area contributed by atoms with Gasteiger partial charge in [0.25, 0.3) is 5.91 Å². The molecule has 0 aliphatic heterocycles. The number of nitrogens with one attached hydrogen (secondary N) is 1. The fourth-order valence-corrected chi connectivity index (χ4v) is 2.30. The fraction of sp³-hybridized carbons (Fsp3) is 0.0909. The molecule has 0 fully saturated rings. The maximum absolute atomic E-state index is 11.9. The van der Waals surface area contributed by atoms with E-state index in [-0.39, 0.29) is 12.5 Å². The van der Waals surface area contributed by atoms with Gasteiger partial charge >= 0.3 is 0 Å². The summed E-state index contributed by atoms with van der Waals surface area (Å²) in [6, 6.07) is 26.2. The normalized spacial score (nSPS) is 10.9. The second-order valence-corrected chi connectivity index (χ2v) is 5.77. The molecule has 1 amide bonds. The van der Waals surface area contributed by atoms with Crippen LogP contribution in [0.5, 0.6) is 17.2 Å². The van der Waals surface area contributed by atoms with Crippen LogP contribution in [0.4, 0.5) is 0 Å². The van der Waals surface area contributed by atoms with E-state index in [0.29, 0.717) is 11.5 Å². The van der Waals surface area contributed by atoms with Crippen molar-refractivity contribution in [1.29, 1.82) is 0 Å². The molecule has 0 saturated carbocycles. The molecule has 27 heavy (non-hydrogen) atoms. The van der Waals surface area contributed by atoms with Crippen LogP contribution >= 0.6 is 0 Å². The van der Waals surface area contributed by atoms with Gasteiger partial charge in [0.15, 0.2) is 6.61 Å². The number of nitrogens with zero attached hydrogens (tertiary/aromatic N) is 1. The number of para-hydroxylation sites is 1. The van der Waals surface area contributed by atoms with E-state index in [0.717, 1.165) is 17.0 Å². The summed E-state index contributed by atoms with van der Waals surface area (Å²) in [5, 5.41) is 4.08. The third-order valence-electron chi connectivity index (χ3n) is 3.71. The van der Waals surface area contributed by atoms with Gasteiger partial charge in [-0.05, 0) is 48.9 Å². The van der Waals surface area contributed by atoms with Crippen molar-refractivity contribution in [1.82, 2.24) is 5.43 Å². The van der Waals surface area contributed by atoms with Crippen LogP contribution in [0.15, 0.2) is 90.0 Å². The van der Waals surface area contributed by atoms with Gasteiger partial charge in [-0.1, -0.05) is 48.5 Å². The Labute approximate surface area is 158 Å². The molecule has 0 radical (unpaired) electrons. The van der Waals surface area contributed by atoms with Crippen LogP contribution in [-0.2, 0) is 4.79 Å². The minimum atomic E-state index is -0.324. The molecular weight excluding hydrogens is 340 g/mol. The molecule has 1 N–H and O–H groups in total. The Kier molecular flexibility index (Phi) is 6.20. The van der Waals surface area contributed by atoms with Crippen molar-refractivity contribution in [3.05, 3.63) is 90.5 Å². The zero-order valence-electron chi connectivity index (χ0n) is 15.0. The average molecular weight is 360 g/mol. The maximum atomic E-state index is 11.9. The van der Waals surface area contributed by atoms with Crippen molar-refractivity contribution in [3.63, 3.8) is 0 Å². The summed E-state index contributed by atoms with van der Waals surface area (Å²) in [7, 11) is 0. The highest BCUT2D eigenvalue weighted by Crippen LogP contribution is 2.23. The van der Waals surface area contributed by atoms with E-state index in [1.54, 1.807) is 24.3 Å². The van der Waals surface area contributed by atoms with Crippen molar-refractivity contribution in [2.45, 2.75) is 6.92 Å². The van der Waals surface area contributed by atoms with Gasteiger partial charge in [0.05, 0.1) is 5.71 Å². The van der Waals surface area contributed by atoms with E-state index in [2.05, 4.69) is 10.5 Å². The molecule has 5 heteroatoms. The SMILES string of the molecule is C/C(=N\NC(=O)COc1ccc(Oc2ccccc2)cc1)c1ccccc1. The lowest BCUT2D eigenvalue weighted by Crippen LogP contribution is -2.25. The maximum Gasteiger partial charge on any atom is 0.277 e. The van der Waals surface area contributed by atoms with E-state index < -0.39 is 0 Å². The molecule has 3 rings (SSSR count). The summed E-state index contributed by atoms with van der Waals surface area (Å²) in [6.07, 6.45) is 0. The predicted octanol–water partition coefficient (Wildman–Crippen LogP) is 4.40. The van der Waals surface area contributed by atoms with Gasteiger partial charge in [-0.15, -0.1) is 0 Å². The molecule has 0 heterocycles. The zero-order chi connectivity index (χ0) is 18.9. The molecule has 0 spiro atoms. The molecule has 0 aromatic heterocycles. The minimum absolute atomic E-state index is 0.121. The van der Waals surface area contributed by atoms with Gasteiger partial charge in [0, 0.05) is 0 Å².